The van der Waals surface area contributed by atoms with Crippen molar-refractivity contribution >= 4 is 23.4 Å². The molecule has 0 unspecified atom stereocenters. The molecule has 2 nitrogen and oxygen atoms in total. The normalized spacial score (nSPS) is 10.4. The van der Waals surface area contributed by atoms with Crippen LogP contribution >= 0.6 is 23.4 Å². The van der Waals surface area contributed by atoms with Crippen LogP contribution in [0.15, 0.2) is 35.5 Å². The number of hydrogen-bond acceptors (Lipinski definition) is 3. The van der Waals surface area contributed by atoms with Gasteiger partial charge in [-0.2, -0.15) is 0 Å². The van der Waals surface area contributed by atoms with Crippen molar-refractivity contribution < 1.29 is 0 Å². The van der Waals surface area contributed by atoms with Crippen LogP contribution in [0.2, 0.25) is 5.02 Å². The average molecular weight is 257 g/mol. The molecular weight excluding hydrogens is 240 g/mol. The van der Waals surface area contributed by atoms with Crippen molar-refractivity contribution in [3.63, 3.8) is 0 Å². The molecule has 16 heavy (non-hydrogen) atoms. The largest absolute Gasteiger partial charge is 0.313 e. The SMILES string of the molecule is C=C(CNCCC)CSc1ccc(Cl)cn1. The lowest BCUT2D eigenvalue weighted by Crippen LogP contribution is -2.18. The Morgan fingerprint density at radius 2 is 2.38 bits per heavy atom. The molecule has 0 atom stereocenters. The predicted molar refractivity (Wildman–Crippen MR) is 72.3 cm³/mol. The number of nitrogens with zero attached hydrogens (tertiary/aromatic N) is 1. The Labute approximate surface area is 106 Å². The zero-order valence-corrected chi connectivity index (χ0v) is 11.1. The molecular formula is C12H17ClN2S. The van der Waals surface area contributed by atoms with Gasteiger partial charge in [0.05, 0.1) is 10.0 Å². The molecule has 0 aliphatic heterocycles. The molecule has 0 radical (unpaired) electrons. The predicted octanol–water partition coefficient (Wildman–Crippen LogP) is 3.38. The van der Waals surface area contributed by atoms with Crippen LogP contribution in [0.4, 0.5) is 0 Å². The van der Waals surface area contributed by atoms with Crippen LogP contribution in [0.25, 0.3) is 0 Å². The molecule has 4 heteroatoms. The van der Waals surface area contributed by atoms with E-state index in [1.165, 1.54) is 5.57 Å². The molecule has 0 aromatic carbocycles. The van der Waals surface area contributed by atoms with Crippen molar-refractivity contribution in [1.29, 1.82) is 0 Å². The monoisotopic (exact) mass is 256 g/mol. The summed E-state index contributed by atoms with van der Waals surface area (Å²) in [6, 6.07) is 3.79. The van der Waals surface area contributed by atoms with Gasteiger partial charge in [0.2, 0.25) is 0 Å². The van der Waals surface area contributed by atoms with Gasteiger partial charge in [-0.1, -0.05) is 30.7 Å². The summed E-state index contributed by atoms with van der Waals surface area (Å²) < 4.78 is 0. The van der Waals surface area contributed by atoms with Gasteiger partial charge in [-0.05, 0) is 25.1 Å². The lowest BCUT2D eigenvalue weighted by molar-refractivity contribution is 0.716. The molecule has 1 N–H and O–H groups in total. The van der Waals surface area contributed by atoms with Gasteiger partial charge in [-0.15, -0.1) is 11.8 Å². The maximum atomic E-state index is 5.76. The number of rotatable bonds is 7. The smallest absolute Gasteiger partial charge is 0.0964 e. The van der Waals surface area contributed by atoms with Gasteiger partial charge in [0.1, 0.15) is 0 Å². The summed E-state index contributed by atoms with van der Waals surface area (Å²) in [4.78, 5) is 4.22. The molecule has 1 heterocycles. The van der Waals surface area contributed by atoms with Crippen LogP contribution in [-0.4, -0.2) is 23.8 Å². The second-order valence-corrected chi connectivity index (χ2v) is 4.96. The molecule has 0 saturated carbocycles. The molecule has 1 rings (SSSR count). The summed E-state index contributed by atoms with van der Waals surface area (Å²) in [6.07, 6.45) is 2.82. The van der Waals surface area contributed by atoms with E-state index < -0.39 is 0 Å². The summed E-state index contributed by atoms with van der Waals surface area (Å²) >= 11 is 7.45. The molecule has 0 aliphatic rings. The van der Waals surface area contributed by atoms with Crippen molar-refractivity contribution in [2.45, 2.75) is 18.4 Å². The van der Waals surface area contributed by atoms with Crippen LogP contribution in [0.5, 0.6) is 0 Å². The Morgan fingerprint density at radius 3 is 3.00 bits per heavy atom. The molecule has 0 aliphatic carbocycles. The highest BCUT2D eigenvalue weighted by atomic mass is 35.5. The van der Waals surface area contributed by atoms with Crippen molar-refractivity contribution in [1.82, 2.24) is 10.3 Å². The Hall–Kier alpha value is -0.510. The Balaban J connectivity index is 2.23. The lowest BCUT2D eigenvalue weighted by Gasteiger charge is -2.06. The number of aromatic nitrogens is 1. The lowest BCUT2D eigenvalue weighted by atomic mass is 10.3. The standard InChI is InChI=1S/C12H17ClN2S/c1-3-6-14-7-10(2)9-16-12-5-4-11(13)8-15-12/h4-5,8,14H,2-3,6-7,9H2,1H3. The fourth-order valence-electron chi connectivity index (χ4n) is 1.12. The minimum absolute atomic E-state index is 0.674. The van der Waals surface area contributed by atoms with E-state index >= 15 is 0 Å². The van der Waals surface area contributed by atoms with E-state index in [1.807, 2.05) is 12.1 Å². The Morgan fingerprint density at radius 1 is 1.56 bits per heavy atom. The van der Waals surface area contributed by atoms with Crippen LogP contribution in [0, 0.1) is 0 Å². The number of nitrogens with one attached hydrogen (secondary N) is 1. The summed E-state index contributed by atoms with van der Waals surface area (Å²) in [5, 5.41) is 4.99. The van der Waals surface area contributed by atoms with Crippen LogP contribution in [0.3, 0.4) is 0 Å². The minimum Gasteiger partial charge on any atom is -0.313 e. The van der Waals surface area contributed by atoms with Crippen molar-refractivity contribution in [3.8, 4) is 0 Å². The second-order valence-electron chi connectivity index (χ2n) is 3.53. The molecule has 1 aromatic rings. The van der Waals surface area contributed by atoms with E-state index in [-0.39, 0.29) is 0 Å². The number of pyridine rings is 1. The summed E-state index contributed by atoms with van der Waals surface area (Å²) in [7, 11) is 0. The topological polar surface area (TPSA) is 24.9 Å². The van der Waals surface area contributed by atoms with E-state index in [2.05, 4.69) is 23.8 Å². The van der Waals surface area contributed by atoms with Crippen LogP contribution in [0.1, 0.15) is 13.3 Å². The van der Waals surface area contributed by atoms with E-state index in [0.29, 0.717) is 5.02 Å². The summed E-state index contributed by atoms with van der Waals surface area (Å²) in [6.45, 7) is 8.10. The third kappa shape index (κ3) is 5.54. The Bertz CT molecular complexity index is 324. The summed E-state index contributed by atoms with van der Waals surface area (Å²) in [5.41, 5.74) is 1.19. The Kier molecular flexibility index (Phi) is 6.53. The number of thioether (sulfide) groups is 1. The zero-order chi connectivity index (χ0) is 11.8. The van der Waals surface area contributed by atoms with Crippen molar-refractivity contribution in [2.24, 2.45) is 0 Å². The van der Waals surface area contributed by atoms with Gasteiger partial charge in [0.15, 0.2) is 0 Å². The fraction of sp³-hybridized carbons (Fsp3) is 0.417. The highest BCUT2D eigenvalue weighted by Gasteiger charge is 1.98. The van der Waals surface area contributed by atoms with E-state index in [1.54, 1.807) is 18.0 Å². The maximum absolute atomic E-state index is 5.76. The first kappa shape index (κ1) is 13.6. The van der Waals surface area contributed by atoms with Gasteiger partial charge in [0, 0.05) is 18.5 Å². The van der Waals surface area contributed by atoms with Gasteiger partial charge < -0.3 is 5.32 Å². The maximum Gasteiger partial charge on any atom is 0.0964 e. The molecule has 0 amide bonds. The highest BCUT2D eigenvalue weighted by molar-refractivity contribution is 7.99. The first-order chi connectivity index (χ1) is 7.72. The first-order valence-electron chi connectivity index (χ1n) is 5.34. The fourth-order valence-corrected chi connectivity index (χ4v) is 1.97. The minimum atomic E-state index is 0.674. The van der Waals surface area contributed by atoms with E-state index in [9.17, 15) is 0 Å². The van der Waals surface area contributed by atoms with E-state index in [4.69, 9.17) is 11.6 Å². The third-order valence-electron chi connectivity index (χ3n) is 1.93. The van der Waals surface area contributed by atoms with Crippen LogP contribution in [-0.2, 0) is 0 Å². The average Bonchev–Trinajstić information content (AvgIpc) is 2.29. The van der Waals surface area contributed by atoms with Gasteiger partial charge in [-0.3, -0.25) is 0 Å². The first-order valence-corrected chi connectivity index (χ1v) is 6.70. The highest BCUT2D eigenvalue weighted by Crippen LogP contribution is 2.18. The van der Waals surface area contributed by atoms with Gasteiger partial charge in [-0.25, -0.2) is 4.98 Å². The van der Waals surface area contributed by atoms with Crippen molar-refractivity contribution in [3.05, 3.63) is 35.5 Å². The molecule has 0 bridgehead atoms. The molecule has 1 aromatic heterocycles. The van der Waals surface area contributed by atoms with Gasteiger partial charge in [0.25, 0.3) is 0 Å². The third-order valence-corrected chi connectivity index (χ3v) is 3.24. The molecule has 88 valence electrons. The van der Waals surface area contributed by atoms with Crippen LogP contribution < -0.4 is 5.32 Å². The van der Waals surface area contributed by atoms with E-state index in [0.717, 1.165) is 30.3 Å². The zero-order valence-electron chi connectivity index (χ0n) is 9.50. The van der Waals surface area contributed by atoms with Crippen molar-refractivity contribution in [2.75, 3.05) is 18.8 Å². The second kappa shape index (κ2) is 7.71. The number of hydrogen-bond donors (Lipinski definition) is 1. The quantitative estimate of drug-likeness (QED) is 0.460. The molecule has 0 fully saturated rings. The summed E-state index contributed by atoms with van der Waals surface area (Å²) in [5.74, 6) is 0.894. The van der Waals surface area contributed by atoms with Gasteiger partial charge >= 0.3 is 0 Å². The molecule has 0 saturated heterocycles. The number of halogens is 1. The molecule has 0 spiro atoms.